The Morgan fingerprint density at radius 3 is 2.88 bits per heavy atom. The molecule has 17 heavy (non-hydrogen) atoms. The smallest absolute Gasteiger partial charge is 0.320 e. The average Bonchev–Trinajstić information content (AvgIpc) is 2.32. The van der Waals surface area contributed by atoms with Crippen LogP contribution in [0.5, 0.6) is 0 Å². The summed E-state index contributed by atoms with van der Waals surface area (Å²) >= 11 is 3.51. The van der Waals surface area contributed by atoms with Gasteiger partial charge in [-0.15, -0.1) is 0 Å². The highest BCUT2D eigenvalue weighted by atomic mass is 79.9. The van der Waals surface area contributed by atoms with Gasteiger partial charge in [-0.1, -0.05) is 40.5 Å². The lowest BCUT2D eigenvalue weighted by Crippen LogP contribution is -2.44. The van der Waals surface area contributed by atoms with Gasteiger partial charge in [-0.2, -0.15) is 0 Å². The normalized spacial score (nSPS) is 21.4. The third-order valence-electron chi connectivity index (χ3n) is 3.23. The van der Waals surface area contributed by atoms with Crippen LogP contribution < -0.4 is 0 Å². The molecule has 0 bridgehead atoms. The van der Waals surface area contributed by atoms with Gasteiger partial charge in [0.05, 0.1) is 0 Å². The van der Waals surface area contributed by atoms with Crippen LogP contribution in [0.25, 0.3) is 0 Å². The third kappa shape index (κ3) is 3.07. The fourth-order valence-electron chi connectivity index (χ4n) is 2.31. The predicted octanol–water partition coefficient (Wildman–Crippen LogP) is 2.89. The Hall–Kier alpha value is -0.870. The number of carboxylic acids is 1. The molecule has 4 heteroatoms. The number of aliphatic carboxylic acids is 1. The number of carbonyl (C=O) groups is 1. The Labute approximate surface area is 110 Å². The van der Waals surface area contributed by atoms with E-state index in [0.29, 0.717) is 6.54 Å². The second-order valence-electron chi connectivity index (χ2n) is 4.41. The molecule has 1 heterocycles. The predicted molar refractivity (Wildman–Crippen MR) is 69.8 cm³/mol. The van der Waals surface area contributed by atoms with Gasteiger partial charge in [-0.05, 0) is 31.0 Å². The van der Waals surface area contributed by atoms with Crippen molar-refractivity contribution in [2.24, 2.45) is 0 Å². The second kappa shape index (κ2) is 5.65. The molecule has 0 saturated carbocycles. The summed E-state index contributed by atoms with van der Waals surface area (Å²) in [4.78, 5) is 13.2. The molecule has 1 atom stereocenters. The zero-order chi connectivity index (χ0) is 12.3. The van der Waals surface area contributed by atoms with Gasteiger partial charge in [0, 0.05) is 11.0 Å². The fourth-order valence-corrected chi connectivity index (χ4v) is 2.72. The minimum absolute atomic E-state index is 0.323. The van der Waals surface area contributed by atoms with Crippen molar-refractivity contribution in [1.29, 1.82) is 0 Å². The minimum Gasteiger partial charge on any atom is -0.480 e. The summed E-state index contributed by atoms with van der Waals surface area (Å²) in [6.07, 6.45) is 2.87. The Kier molecular flexibility index (Phi) is 4.18. The molecule has 92 valence electrons. The number of halogens is 1. The first-order valence-corrected chi connectivity index (χ1v) is 6.68. The van der Waals surface area contributed by atoms with E-state index in [1.807, 2.05) is 24.3 Å². The van der Waals surface area contributed by atoms with Crippen molar-refractivity contribution in [3.63, 3.8) is 0 Å². The first-order chi connectivity index (χ1) is 8.18. The van der Waals surface area contributed by atoms with Gasteiger partial charge in [-0.3, -0.25) is 9.69 Å². The largest absolute Gasteiger partial charge is 0.480 e. The monoisotopic (exact) mass is 297 g/mol. The molecule has 1 N–H and O–H groups in total. The molecule has 0 aliphatic carbocycles. The standard InChI is InChI=1S/C13H16BrNO2/c14-11-6-2-1-5-10(11)9-15-8-4-3-7-12(15)13(16)17/h1-2,5-6,12H,3-4,7-9H2,(H,16,17). The van der Waals surface area contributed by atoms with Crippen LogP contribution in [0.4, 0.5) is 0 Å². The number of rotatable bonds is 3. The summed E-state index contributed by atoms with van der Waals surface area (Å²) in [5, 5.41) is 9.20. The SMILES string of the molecule is O=C(O)C1CCCCN1Cc1ccccc1Br. The molecule has 1 aromatic rings. The van der Waals surface area contributed by atoms with Gasteiger partial charge >= 0.3 is 5.97 Å². The van der Waals surface area contributed by atoms with E-state index < -0.39 is 5.97 Å². The number of nitrogens with zero attached hydrogens (tertiary/aromatic N) is 1. The van der Waals surface area contributed by atoms with Crippen molar-refractivity contribution in [3.05, 3.63) is 34.3 Å². The van der Waals surface area contributed by atoms with Crippen LogP contribution >= 0.6 is 15.9 Å². The van der Waals surface area contributed by atoms with E-state index in [9.17, 15) is 9.90 Å². The highest BCUT2D eigenvalue weighted by Crippen LogP contribution is 2.23. The molecule has 1 fully saturated rings. The Morgan fingerprint density at radius 2 is 2.18 bits per heavy atom. The molecule has 0 aromatic heterocycles. The molecule has 2 rings (SSSR count). The number of likely N-dealkylation sites (tertiary alicyclic amines) is 1. The van der Waals surface area contributed by atoms with Crippen molar-refractivity contribution >= 4 is 21.9 Å². The molecule has 1 saturated heterocycles. The van der Waals surface area contributed by atoms with Crippen LogP contribution in [0.1, 0.15) is 24.8 Å². The highest BCUT2D eigenvalue weighted by Gasteiger charge is 2.28. The van der Waals surface area contributed by atoms with E-state index in [4.69, 9.17) is 0 Å². The lowest BCUT2D eigenvalue weighted by Gasteiger charge is -2.33. The first kappa shape index (κ1) is 12.6. The summed E-state index contributed by atoms with van der Waals surface area (Å²) in [5.41, 5.74) is 1.15. The zero-order valence-electron chi connectivity index (χ0n) is 9.60. The number of piperidine rings is 1. The maximum Gasteiger partial charge on any atom is 0.320 e. The summed E-state index contributed by atoms with van der Waals surface area (Å²) in [6.45, 7) is 1.58. The Bertz CT molecular complexity index is 408. The van der Waals surface area contributed by atoms with Crippen molar-refractivity contribution < 1.29 is 9.90 Å². The minimum atomic E-state index is -0.697. The molecule has 0 amide bonds. The maximum atomic E-state index is 11.2. The topological polar surface area (TPSA) is 40.5 Å². The number of hydrogen-bond donors (Lipinski definition) is 1. The molecule has 1 aromatic carbocycles. The zero-order valence-corrected chi connectivity index (χ0v) is 11.2. The molecule has 1 aliphatic heterocycles. The van der Waals surface area contributed by atoms with E-state index >= 15 is 0 Å². The number of benzene rings is 1. The van der Waals surface area contributed by atoms with Crippen LogP contribution in [-0.2, 0) is 11.3 Å². The van der Waals surface area contributed by atoms with Gasteiger partial charge < -0.3 is 5.11 Å². The average molecular weight is 298 g/mol. The van der Waals surface area contributed by atoms with Crippen LogP contribution in [0, 0.1) is 0 Å². The maximum absolute atomic E-state index is 11.2. The van der Waals surface area contributed by atoms with E-state index in [0.717, 1.165) is 35.8 Å². The molecule has 0 radical (unpaired) electrons. The fraction of sp³-hybridized carbons (Fsp3) is 0.462. The van der Waals surface area contributed by atoms with Crippen molar-refractivity contribution in [3.8, 4) is 0 Å². The van der Waals surface area contributed by atoms with Crippen molar-refractivity contribution in [2.75, 3.05) is 6.54 Å². The van der Waals surface area contributed by atoms with Gasteiger partial charge in [-0.25, -0.2) is 0 Å². The van der Waals surface area contributed by atoms with Gasteiger partial charge in [0.1, 0.15) is 6.04 Å². The third-order valence-corrected chi connectivity index (χ3v) is 4.00. The lowest BCUT2D eigenvalue weighted by atomic mass is 10.0. The van der Waals surface area contributed by atoms with Gasteiger partial charge in [0.2, 0.25) is 0 Å². The lowest BCUT2D eigenvalue weighted by molar-refractivity contribution is -0.144. The van der Waals surface area contributed by atoms with E-state index in [2.05, 4.69) is 20.8 Å². The molecular weight excluding hydrogens is 282 g/mol. The molecule has 3 nitrogen and oxygen atoms in total. The Balaban J connectivity index is 2.11. The van der Waals surface area contributed by atoms with E-state index in [1.165, 1.54) is 0 Å². The van der Waals surface area contributed by atoms with Crippen molar-refractivity contribution in [1.82, 2.24) is 4.90 Å². The van der Waals surface area contributed by atoms with Crippen LogP contribution in [0.3, 0.4) is 0 Å². The number of hydrogen-bond acceptors (Lipinski definition) is 2. The van der Waals surface area contributed by atoms with Crippen LogP contribution in [0.2, 0.25) is 0 Å². The summed E-state index contributed by atoms with van der Waals surface area (Å²) in [7, 11) is 0. The first-order valence-electron chi connectivity index (χ1n) is 5.89. The molecule has 1 unspecified atom stereocenters. The molecule has 0 spiro atoms. The van der Waals surface area contributed by atoms with Crippen LogP contribution in [0.15, 0.2) is 28.7 Å². The van der Waals surface area contributed by atoms with E-state index in [-0.39, 0.29) is 6.04 Å². The molecule has 1 aliphatic rings. The second-order valence-corrected chi connectivity index (χ2v) is 5.27. The number of carboxylic acid groups (broad SMARTS) is 1. The van der Waals surface area contributed by atoms with Crippen molar-refractivity contribution in [2.45, 2.75) is 31.8 Å². The van der Waals surface area contributed by atoms with Gasteiger partial charge in [0.15, 0.2) is 0 Å². The molecular formula is C13H16BrNO2. The summed E-state index contributed by atoms with van der Waals surface area (Å²) in [6, 6.07) is 7.67. The highest BCUT2D eigenvalue weighted by molar-refractivity contribution is 9.10. The summed E-state index contributed by atoms with van der Waals surface area (Å²) in [5.74, 6) is -0.697. The quantitative estimate of drug-likeness (QED) is 0.933. The van der Waals surface area contributed by atoms with Crippen LogP contribution in [-0.4, -0.2) is 28.6 Å². The van der Waals surface area contributed by atoms with E-state index in [1.54, 1.807) is 0 Å². The van der Waals surface area contributed by atoms with Gasteiger partial charge in [0.25, 0.3) is 0 Å². The Morgan fingerprint density at radius 1 is 1.41 bits per heavy atom. The summed E-state index contributed by atoms with van der Waals surface area (Å²) < 4.78 is 1.05.